The highest BCUT2D eigenvalue weighted by molar-refractivity contribution is 5.79. The van der Waals surface area contributed by atoms with Crippen molar-refractivity contribution in [2.24, 2.45) is 0 Å². The minimum atomic E-state index is -4.58. The molecule has 2 heterocycles. The number of aliphatic hydroxyl groups excluding tert-OH is 1. The monoisotopic (exact) mass is 349 g/mol. The number of H-pyrrole nitrogens is 1. The van der Waals surface area contributed by atoms with E-state index in [1.807, 2.05) is 13.8 Å². The molecule has 0 radical (unpaired) electrons. The van der Waals surface area contributed by atoms with Crippen LogP contribution < -0.4 is 0 Å². The second-order valence-electron chi connectivity index (χ2n) is 5.78. The Morgan fingerprint density at radius 3 is 2.62 bits per heavy atom. The third-order valence-electron chi connectivity index (χ3n) is 4.14. The van der Waals surface area contributed by atoms with Gasteiger partial charge in [0.15, 0.2) is 6.10 Å². The number of morpholine rings is 1. The number of carbonyl (C=O) groups is 1. The number of aryl methyl sites for hydroxylation is 2. The number of nitrogens with zero attached hydrogens (tertiary/aromatic N) is 2. The number of amides is 1. The van der Waals surface area contributed by atoms with Gasteiger partial charge in [0.1, 0.15) is 0 Å². The molecule has 1 aliphatic heterocycles. The maximum Gasteiger partial charge on any atom is 0.416 e. The molecule has 1 aromatic rings. The Morgan fingerprint density at radius 1 is 1.38 bits per heavy atom. The van der Waals surface area contributed by atoms with Gasteiger partial charge in [0.25, 0.3) is 0 Å². The van der Waals surface area contributed by atoms with Gasteiger partial charge in [-0.15, -0.1) is 0 Å². The van der Waals surface area contributed by atoms with Gasteiger partial charge in [-0.2, -0.15) is 18.3 Å². The van der Waals surface area contributed by atoms with Crippen molar-refractivity contribution in [1.82, 2.24) is 15.1 Å². The molecule has 0 spiro atoms. The summed E-state index contributed by atoms with van der Waals surface area (Å²) >= 11 is 0. The lowest BCUT2D eigenvalue weighted by atomic mass is 10.0. The van der Waals surface area contributed by atoms with E-state index in [9.17, 15) is 18.0 Å². The zero-order valence-electron chi connectivity index (χ0n) is 13.7. The fourth-order valence-electron chi connectivity index (χ4n) is 2.82. The van der Waals surface area contributed by atoms with E-state index in [-0.39, 0.29) is 13.0 Å². The van der Waals surface area contributed by atoms with Gasteiger partial charge in [0.2, 0.25) is 5.91 Å². The number of aliphatic hydroxyl groups is 1. The Kier molecular flexibility index (Phi) is 5.87. The second kappa shape index (κ2) is 7.52. The van der Waals surface area contributed by atoms with Crippen LogP contribution in [0.4, 0.5) is 13.2 Å². The summed E-state index contributed by atoms with van der Waals surface area (Å²) in [6.45, 7) is 2.64. The second-order valence-corrected chi connectivity index (χ2v) is 5.78. The van der Waals surface area contributed by atoms with Crippen molar-refractivity contribution in [3.05, 3.63) is 17.0 Å². The standard InChI is InChI=1S/C15H22F3N3O3/c1-3-11-10(12(4-2)20-19-11)5-14(23)21-6-9(8-22)24-13(7-21)15(16,17)18/h9,13,22H,3-8H2,1-2H3,(H,19,20). The number of aromatic amines is 1. The topological polar surface area (TPSA) is 78.5 Å². The Hall–Kier alpha value is -1.61. The fraction of sp³-hybridized carbons (Fsp3) is 0.733. The van der Waals surface area contributed by atoms with E-state index in [1.54, 1.807) is 0 Å². The molecule has 0 saturated carbocycles. The maximum atomic E-state index is 12.9. The molecule has 9 heteroatoms. The Bertz CT molecular complexity index is 553. The number of alkyl halides is 3. The molecule has 24 heavy (non-hydrogen) atoms. The molecule has 1 aliphatic rings. The molecule has 2 atom stereocenters. The van der Waals surface area contributed by atoms with Gasteiger partial charge in [0, 0.05) is 17.8 Å². The Morgan fingerprint density at radius 2 is 2.08 bits per heavy atom. The first-order valence-electron chi connectivity index (χ1n) is 7.95. The van der Waals surface area contributed by atoms with Crippen LogP contribution in [0, 0.1) is 0 Å². The van der Waals surface area contributed by atoms with Crippen LogP contribution in [0.15, 0.2) is 0 Å². The molecule has 0 aromatic carbocycles. The predicted octanol–water partition coefficient (Wildman–Crippen LogP) is 1.23. The van der Waals surface area contributed by atoms with Gasteiger partial charge < -0.3 is 14.7 Å². The van der Waals surface area contributed by atoms with Crippen molar-refractivity contribution < 1.29 is 27.8 Å². The van der Waals surface area contributed by atoms with Gasteiger partial charge in [-0.25, -0.2) is 0 Å². The lowest BCUT2D eigenvalue weighted by Gasteiger charge is -2.38. The lowest BCUT2D eigenvalue weighted by molar-refractivity contribution is -0.255. The highest BCUT2D eigenvalue weighted by Gasteiger charge is 2.46. The molecule has 1 amide bonds. The first-order valence-corrected chi connectivity index (χ1v) is 7.95. The molecule has 1 fully saturated rings. The molecule has 1 saturated heterocycles. The van der Waals surface area contributed by atoms with Gasteiger partial charge in [-0.05, 0) is 12.8 Å². The number of halogens is 3. The summed E-state index contributed by atoms with van der Waals surface area (Å²) < 4.78 is 43.6. The number of rotatable bonds is 5. The van der Waals surface area contributed by atoms with Crippen molar-refractivity contribution in [3.63, 3.8) is 0 Å². The molecule has 0 bridgehead atoms. The van der Waals surface area contributed by atoms with Crippen molar-refractivity contribution in [2.75, 3.05) is 19.7 Å². The number of carbonyl (C=O) groups excluding carboxylic acids is 1. The summed E-state index contributed by atoms with van der Waals surface area (Å²) in [5.74, 6) is -0.420. The quantitative estimate of drug-likeness (QED) is 0.838. The smallest absolute Gasteiger partial charge is 0.394 e. The average molecular weight is 349 g/mol. The van der Waals surface area contributed by atoms with E-state index in [1.165, 1.54) is 0 Å². The average Bonchev–Trinajstić information content (AvgIpc) is 2.95. The first-order chi connectivity index (χ1) is 11.3. The molecule has 136 valence electrons. The molecule has 2 N–H and O–H groups in total. The van der Waals surface area contributed by atoms with E-state index in [0.29, 0.717) is 12.8 Å². The summed E-state index contributed by atoms with van der Waals surface area (Å²) in [5.41, 5.74) is 2.32. The lowest BCUT2D eigenvalue weighted by Crippen LogP contribution is -2.56. The van der Waals surface area contributed by atoms with Crippen molar-refractivity contribution in [2.45, 2.75) is 51.5 Å². The van der Waals surface area contributed by atoms with E-state index >= 15 is 0 Å². The van der Waals surface area contributed by atoms with Gasteiger partial charge in [-0.1, -0.05) is 13.8 Å². The summed E-state index contributed by atoms with van der Waals surface area (Å²) in [4.78, 5) is 13.6. The molecule has 0 aliphatic carbocycles. The molecule has 1 aromatic heterocycles. The zero-order valence-corrected chi connectivity index (χ0v) is 13.7. The third-order valence-corrected chi connectivity index (χ3v) is 4.14. The molecule has 2 rings (SSSR count). The number of hydrogen-bond donors (Lipinski definition) is 2. The third kappa shape index (κ3) is 4.07. The largest absolute Gasteiger partial charge is 0.416 e. The van der Waals surface area contributed by atoms with Crippen molar-refractivity contribution in [1.29, 1.82) is 0 Å². The van der Waals surface area contributed by atoms with E-state index in [2.05, 4.69) is 10.2 Å². The minimum absolute atomic E-state index is 0.00836. The minimum Gasteiger partial charge on any atom is -0.394 e. The highest BCUT2D eigenvalue weighted by atomic mass is 19.4. The van der Waals surface area contributed by atoms with Gasteiger partial charge >= 0.3 is 6.18 Å². The van der Waals surface area contributed by atoms with Crippen LogP contribution >= 0.6 is 0 Å². The van der Waals surface area contributed by atoms with Crippen LogP contribution in [0.1, 0.15) is 30.8 Å². The predicted molar refractivity (Wildman–Crippen MR) is 79.4 cm³/mol. The van der Waals surface area contributed by atoms with Crippen molar-refractivity contribution in [3.8, 4) is 0 Å². The first kappa shape index (κ1) is 18.7. The molecular formula is C15H22F3N3O3. The van der Waals surface area contributed by atoms with Crippen LogP contribution in [-0.4, -0.2) is 64.2 Å². The number of hydrogen-bond acceptors (Lipinski definition) is 4. The number of aromatic nitrogens is 2. The van der Waals surface area contributed by atoms with Crippen molar-refractivity contribution >= 4 is 5.91 Å². The summed E-state index contributed by atoms with van der Waals surface area (Å²) in [5, 5.41) is 16.2. The summed E-state index contributed by atoms with van der Waals surface area (Å²) in [6.07, 6.45) is -6.41. The summed E-state index contributed by atoms with van der Waals surface area (Å²) in [7, 11) is 0. The maximum absolute atomic E-state index is 12.9. The zero-order chi connectivity index (χ0) is 17.9. The van der Waals surface area contributed by atoms with Crippen LogP contribution in [0.25, 0.3) is 0 Å². The highest BCUT2D eigenvalue weighted by Crippen LogP contribution is 2.28. The van der Waals surface area contributed by atoms with Crippen LogP contribution in [0.5, 0.6) is 0 Å². The molecule has 2 unspecified atom stereocenters. The fourth-order valence-corrected chi connectivity index (χ4v) is 2.82. The van der Waals surface area contributed by atoms with Gasteiger partial charge in [0.05, 0.1) is 31.4 Å². The molecule has 6 nitrogen and oxygen atoms in total. The van der Waals surface area contributed by atoms with E-state index in [4.69, 9.17) is 9.84 Å². The Balaban J connectivity index is 2.15. The Labute approximate surface area is 138 Å². The van der Waals surface area contributed by atoms with E-state index in [0.717, 1.165) is 21.9 Å². The van der Waals surface area contributed by atoms with E-state index < -0.39 is 37.4 Å². The van der Waals surface area contributed by atoms with Gasteiger partial charge in [-0.3, -0.25) is 9.89 Å². The van der Waals surface area contributed by atoms with Crippen LogP contribution in [-0.2, 0) is 28.8 Å². The number of ether oxygens (including phenoxy) is 1. The van der Waals surface area contributed by atoms with Crippen LogP contribution in [0.2, 0.25) is 0 Å². The number of nitrogens with one attached hydrogen (secondary N) is 1. The summed E-state index contributed by atoms with van der Waals surface area (Å²) in [6, 6.07) is 0. The normalized spacial score (nSPS) is 22.0. The SMILES string of the molecule is CCc1n[nH]c(CC)c1CC(=O)N1CC(CO)OC(C(F)(F)F)C1. The molecular weight excluding hydrogens is 327 g/mol. The van der Waals surface area contributed by atoms with Crippen LogP contribution in [0.3, 0.4) is 0 Å².